The molecule has 0 aliphatic carbocycles. The van der Waals surface area contributed by atoms with Gasteiger partial charge in [0.2, 0.25) is 0 Å². The number of benzene rings is 1. The largest absolute Gasteiger partial charge is 0.292 e. The second-order valence-electron chi connectivity index (χ2n) is 5.71. The Kier molecular flexibility index (Phi) is 4.12. The molecule has 0 radical (unpaired) electrons. The van der Waals surface area contributed by atoms with E-state index in [-0.39, 0.29) is 0 Å². The van der Waals surface area contributed by atoms with Crippen LogP contribution in [-0.2, 0) is 19.5 Å². The minimum Gasteiger partial charge on any atom is -0.292 e. The van der Waals surface area contributed by atoms with Crippen LogP contribution in [0.4, 0.5) is 0 Å². The second-order valence-corrected chi connectivity index (χ2v) is 7.18. The second kappa shape index (κ2) is 6.40. The third-order valence-corrected chi connectivity index (χ3v) is 5.20. The molecule has 0 saturated carbocycles. The third kappa shape index (κ3) is 3.29. The average Bonchev–Trinajstić information content (AvgIpc) is 3.08. The molecule has 0 amide bonds. The molecule has 0 N–H and O–H groups in total. The van der Waals surface area contributed by atoms with Gasteiger partial charge in [0.25, 0.3) is 0 Å². The fourth-order valence-electron chi connectivity index (χ4n) is 2.85. The molecule has 4 rings (SSSR count). The molecule has 5 heteroatoms. The summed E-state index contributed by atoms with van der Waals surface area (Å²) in [5, 5.41) is 2.86. The minimum atomic E-state index is 0.730. The fourth-order valence-corrected chi connectivity index (χ4v) is 3.73. The van der Waals surface area contributed by atoms with Crippen molar-refractivity contribution in [3.05, 3.63) is 69.1 Å². The zero-order chi connectivity index (χ0) is 15.6. The summed E-state index contributed by atoms with van der Waals surface area (Å²) in [5.74, 6) is 0.776. The van der Waals surface area contributed by atoms with Gasteiger partial charge in [0.15, 0.2) is 5.82 Å². The Hall–Kier alpha value is -1.75. The summed E-state index contributed by atoms with van der Waals surface area (Å²) in [6, 6.07) is 12.0. The van der Waals surface area contributed by atoms with E-state index < -0.39 is 0 Å². The predicted molar refractivity (Wildman–Crippen MR) is 94.6 cm³/mol. The summed E-state index contributed by atoms with van der Waals surface area (Å²) < 4.78 is 0. The number of rotatable bonds is 3. The third-order valence-electron chi connectivity index (χ3n) is 4.09. The first kappa shape index (κ1) is 14.8. The van der Waals surface area contributed by atoms with Crippen LogP contribution in [0.25, 0.3) is 11.4 Å². The number of aromatic nitrogens is 2. The molecular weight excluding hydrogens is 326 g/mol. The lowest BCUT2D eigenvalue weighted by atomic mass is 10.1. The van der Waals surface area contributed by atoms with Gasteiger partial charge in [-0.05, 0) is 47.7 Å². The highest BCUT2D eigenvalue weighted by molar-refractivity contribution is 7.09. The van der Waals surface area contributed by atoms with Crippen LogP contribution in [0.3, 0.4) is 0 Å². The summed E-state index contributed by atoms with van der Waals surface area (Å²) in [7, 11) is 0. The van der Waals surface area contributed by atoms with Crippen molar-refractivity contribution in [2.45, 2.75) is 19.5 Å². The highest BCUT2D eigenvalue weighted by Crippen LogP contribution is 2.23. The highest BCUT2D eigenvalue weighted by Gasteiger charge is 2.19. The van der Waals surface area contributed by atoms with Crippen molar-refractivity contribution in [3.8, 4) is 11.4 Å². The molecule has 2 aromatic heterocycles. The Morgan fingerprint density at radius 3 is 2.83 bits per heavy atom. The number of fused-ring (bicyclic) bond motifs is 1. The van der Waals surface area contributed by atoms with Crippen LogP contribution in [0, 0.1) is 0 Å². The summed E-state index contributed by atoms with van der Waals surface area (Å²) in [6.07, 6.45) is 3.00. The lowest BCUT2D eigenvalue weighted by molar-refractivity contribution is 0.243. The van der Waals surface area contributed by atoms with Crippen LogP contribution in [0.2, 0.25) is 5.02 Å². The molecule has 0 bridgehead atoms. The SMILES string of the molecule is Clc1ccc(-c2ncc3c(n2)CN(Cc2cccs2)CC3)cc1. The van der Waals surface area contributed by atoms with Gasteiger partial charge in [-0.15, -0.1) is 11.3 Å². The standard InChI is InChI=1S/C18H16ClN3S/c19-15-5-3-13(4-6-15)18-20-10-14-7-8-22(12-17(14)21-18)11-16-2-1-9-23-16/h1-6,9-10H,7-8,11-12H2. The molecule has 0 spiro atoms. The van der Waals surface area contributed by atoms with E-state index in [4.69, 9.17) is 16.6 Å². The van der Waals surface area contributed by atoms with E-state index in [1.165, 1.54) is 10.4 Å². The molecule has 0 fully saturated rings. The first-order chi connectivity index (χ1) is 11.3. The van der Waals surface area contributed by atoms with Gasteiger partial charge in [-0.2, -0.15) is 0 Å². The maximum atomic E-state index is 5.95. The van der Waals surface area contributed by atoms with E-state index in [0.29, 0.717) is 0 Å². The average molecular weight is 342 g/mol. The summed E-state index contributed by atoms with van der Waals surface area (Å²) in [6.45, 7) is 2.95. The molecule has 1 aliphatic rings. The van der Waals surface area contributed by atoms with Crippen LogP contribution in [0.5, 0.6) is 0 Å². The molecule has 0 unspecified atom stereocenters. The summed E-state index contributed by atoms with van der Waals surface area (Å²) in [5.41, 5.74) is 3.42. The lowest BCUT2D eigenvalue weighted by Crippen LogP contribution is -2.30. The molecule has 0 saturated heterocycles. The normalized spacial score (nSPS) is 14.7. The maximum Gasteiger partial charge on any atom is 0.159 e. The van der Waals surface area contributed by atoms with Gasteiger partial charge in [-0.25, -0.2) is 9.97 Å². The van der Waals surface area contributed by atoms with Gasteiger partial charge < -0.3 is 0 Å². The van der Waals surface area contributed by atoms with Gasteiger partial charge in [0.05, 0.1) is 5.69 Å². The van der Waals surface area contributed by atoms with E-state index in [0.717, 1.165) is 48.2 Å². The van der Waals surface area contributed by atoms with E-state index >= 15 is 0 Å². The first-order valence-electron chi connectivity index (χ1n) is 7.63. The van der Waals surface area contributed by atoms with Gasteiger partial charge in [0.1, 0.15) is 0 Å². The Labute approximate surface area is 144 Å². The van der Waals surface area contributed by atoms with Crippen molar-refractivity contribution < 1.29 is 0 Å². The highest BCUT2D eigenvalue weighted by atomic mass is 35.5. The smallest absolute Gasteiger partial charge is 0.159 e. The van der Waals surface area contributed by atoms with Crippen LogP contribution in [0.1, 0.15) is 16.1 Å². The van der Waals surface area contributed by atoms with Crippen LogP contribution in [-0.4, -0.2) is 21.4 Å². The van der Waals surface area contributed by atoms with E-state index in [2.05, 4.69) is 27.4 Å². The Balaban J connectivity index is 1.57. The van der Waals surface area contributed by atoms with Crippen LogP contribution < -0.4 is 0 Å². The van der Waals surface area contributed by atoms with Crippen molar-refractivity contribution in [3.63, 3.8) is 0 Å². The molecule has 23 heavy (non-hydrogen) atoms. The number of hydrogen-bond acceptors (Lipinski definition) is 4. The predicted octanol–water partition coefficient (Wildman–Crippen LogP) is 4.42. The van der Waals surface area contributed by atoms with Crippen LogP contribution in [0.15, 0.2) is 48.0 Å². The number of thiophene rings is 1. The van der Waals surface area contributed by atoms with Crippen molar-refractivity contribution in [1.29, 1.82) is 0 Å². The van der Waals surface area contributed by atoms with Crippen LogP contribution >= 0.6 is 22.9 Å². The number of hydrogen-bond donors (Lipinski definition) is 0. The topological polar surface area (TPSA) is 29.0 Å². The fraction of sp³-hybridized carbons (Fsp3) is 0.222. The minimum absolute atomic E-state index is 0.730. The Morgan fingerprint density at radius 2 is 2.04 bits per heavy atom. The first-order valence-corrected chi connectivity index (χ1v) is 8.89. The van der Waals surface area contributed by atoms with E-state index in [9.17, 15) is 0 Å². The van der Waals surface area contributed by atoms with Gasteiger partial charge >= 0.3 is 0 Å². The van der Waals surface area contributed by atoms with Gasteiger partial charge in [0, 0.05) is 41.3 Å². The van der Waals surface area contributed by atoms with Crippen molar-refractivity contribution in [2.24, 2.45) is 0 Å². The quantitative estimate of drug-likeness (QED) is 0.706. The van der Waals surface area contributed by atoms with Gasteiger partial charge in [-0.1, -0.05) is 17.7 Å². The van der Waals surface area contributed by atoms with E-state index in [1.807, 2.05) is 41.8 Å². The molecule has 3 heterocycles. The Bertz CT molecular complexity index is 800. The lowest BCUT2D eigenvalue weighted by Gasteiger charge is -2.27. The zero-order valence-corrected chi connectivity index (χ0v) is 14.1. The van der Waals surface area contributed by atoms with E-state index in [1.54, 1.807) is 0 Å². The number of nitrogens with zero attached hydrogens (tertiary/aromatic N) is 3. The van der Waals surface area contributed by atoms with Crippen molar-refractivity contribution in [1.82, 2.24) is 14.9 Å². The van der Waals surface area contributed by atoms with Crippen molar-refractivity contribution in [2.75, 3.05) is 6.54 Å². The van der Waals surface area contributed by atoms with Crippen molar-refractivity contribution >= 4 is 22.9 Å². The number of halogens is 1. The molecule has 116 valence electrons. The summed E-state index contributed by atoms with van der Waals surface area (Å²) >= 11 is 7.77. The monoisotopic (exact) mass is 341 g/mol. The molecule has 0 atom stereocenters. The molecule has 1 aliphatic heterocycles. The molecule has 3 nitrogen and oxygen atoms in total. The molecular formula is C18H16ClN3S. The molecule has 1 aromatic carbocycles. The summed E-state index contributed by atoms with van der Waals surface area (Å²) in [4.78, 5) is 13.2. The molecule has 3 aromatic rings. The Morgan fingerprint density at radius 1 is 1.17 bits per heavy atom. The zero-order valence-electron chi connectivity index (χ0n) is 12.6. The maximum absolute atomic E-state index is 5.95. The van der Waals surface area contributed by atoms with Gasteiger partial charge in [-0.3, -0.25) is 4.90 Å².